The summed E-state index contributed by atoms with van der Waals surface area (Å²) in [5.74, 6) is 0.855. The number of anilines is 2. The molecule has 1 atom stereocenters. The number of nitrogens with one attached hydrogen (secondary N) is 1. The molecule has 1 fully saturated rings. The highest BCUT2D eigenvalue weighted by Gasteiger charge is 2.24. The fourth-order valence-corrected chi connectivity index (χ4v) is 3.70. The molecule has 8 heteroatoms. The molecule has 3 heterocycles. The van der Waals surface area contributed by atoms with Crippen LogP contribution in [-0.4, -0.2) is 52.2 Å². The molecule has 0 bridgehead atoms. The highest BCUT2D eigenvalue weighted by molar-refractivity contribution is 7.13. The summed E-state index contributed by atoms with van der Waals surface area (Å²) in [7, 11) is 2.13. The van der Waals surface area contributed by atoms with Crippen LogP contribution in [0.4, 0.5) is 10.9 Å². The van der Waals surface area contributed by atoms with Crippen molar-refractivity contribution >= 4 is 28.2 Å². The molecule has 0 radical (unpaired) electrons. The minimum atomic E-state index is -0.0869. The molecule has 0 saturated carbocycles. The maximum Gasteiger partial charge on any atom is 0.223 e. The number of carbonyl (C=O) groups excluding carboxylic acids is 1. The van der Waals surface area contributed by atoms with Crippen LogP contribution in [0.2, 0.25) is 0 Å². The lowest BCUT2D eigenvalue weighted by Gasteiger charge is -2.37. The van der Waals surface area contributed by atoms with Crippen molar-refractivity contribution in [2.24, 2.45) is 0 Å². The van der Waals surface area contributed by atoms with E-state index in [1.54, 1.807) is 6.20 Å². The molecule has 2 aromatic heterocycles. The van der Waals surface area contributed by atoms with Crippen LogP contribution in [0.1, 0.15) is 25.5 Å². The van der Waals surface area contributed by atoms with Gasteiger partial charge in [-0.1, -0.05) is 0 Å². The van der Waals surface area contributed by atoms with Crippen LogP contribution in [0.5, 0.6) is 0 Å². The van der Waals surface area contributed by atoms with Crippen molar-refractivity contribution in [2.75, 3.05) is 30.4 Å². The zero-order valence-corrected chi connectivity index (χ0v) is 14.8. The van der Waals surface area contributed by atoms with E-state index < -0.39 is 0 Å². The maximum absolute atomic E-state index is 11.1. The molecular weight excluding hydrogens is 324 g/mol. The van der Waals surface area contributed by atoms with Crippen LogP contribution >= 0.6 is 11.3 Å². The first-order valence-corrected chi connectivity index (χ1v) is 8.94. The van der Waals surface area contributed by atoms with Gasteiger partial charge in [0.2, 0.25) is 5.91 Å². The summed E-state index contributed by atoms with van der Waals surface area (Å²) in [5.41, 5.74) is 0.989. The Kier molecular flexibility index (Phi) is 5.37. The van der Waals surface area contributed by atoms with Crippen LogP contribution in [0, 0.1) is 0 Å². The molecule has 0 spiro atoms. The van der Waals surface area contributed by atoms with Gasteiger partial charge in [-0.05, 0) is 32.0 Å². The lowest BCUT2D eigenvalue weighted by molar-refractivity contribution is -0.114. The Hall–Kier alpha value is -2.06. The van der Waals surface area contributed by atoms with Crippen LogP contribution in [-0.2, 0) is 11.3 Å². The molecule has 7 nitrogen and oxygen atoms in total. The first-order chi connectivity index (χ1) is 11.6. The van der Waals surface area contributed by atoms with Gasteiger partial charge in [0.25, 0.3) is 0 Å². The highest BCUT2D eigenvalue weighted by atomic mass is 32.1. The van der Waals surface area contributed by atoms with Gasteiger partial charge in [-0.25, -0.2) is 4.98 Å². The second-order valence-electron chi connectivity index (χ2n) is 6.06. The fraction of sp³-hybridized carbons (Fsp3) is 0.500. The molecule has 0 aromatic carbocycles. The Morgan fingerprint density at radius 3 is 3.17 bits per heavy atom. The van der Waals surface area contributed by atoms with E-state index in [0.717, 1.165) is 44.0 Å². The minimum Gasteiger partial charge on any atom is -0.354 e. The van der Waals surface area contributed by atoms with E-state index in [1.165, 1.54) is 18.3 Å². The van der Waals surface area contributed by atoms with Crippen molar-refractivity contribution in [3.8, 4) is 0 Å². The number of aromatic nitrogens is 3. The van der Waals surface area contributed by atoms with Crippen molar-refractivity contribution in [1.29, 1.82) is 0 Å². The monoisotopic (exact) mass is 346 g/mol. The molecule has 128 valence electrons. The lowest BCUT2D eigenvalue weighted by atomic mass is 10.0. The van der Waals surface area contributed by atoms with Gasteiger partial charge in [-0.3, -0.25) is 9.69 Å². The second kappa shape index (κ2) is 7.67. The summed E-state index contributed by atoms with van der Waals surface area (Å²) < 4.78 is 0. The second-order valence-corrected chi connectivity index (χ2v) is 6.92. The minimum absolute atomic E-state index is 0.0869. The van der Waals surface area contributed by atoms with E-state index in [2.05, 4.69) is 37.3 Å². The van der Waals surface area contributed by atoms with Gasteiger partial charge in [0, 0.05) is 44.2 Å². The quantitative estimate of drug-likeness (QED) is 0.892. The van der Waals surface area contributed by atoms with E-state index in [1.807, 2.05) is 17.5 Å². The Morgan fingerprint density at radius 1 is 1.54 bits per heavy atom. The number of piperidine rings is 1. The van der Waals surface area contributed by atoms with E-state index in [4.69, 9.17) is 0 Å². The van der Waals surface area contributed by atoms with E-state index in [0.29, 0.717) is 11.2 Å². The number of carbonyl (C=O) groups is 1. The SMILES string of the molecule is CC(=O)Nc1nc(CN(C)[C@@H]2CCCN(c3cccnn3)C2)cs1. The van der Waals surface area contributed by atoms with Gasteiger partial charge in [0.15, 0.2) is 10.9 Å². The van der Waals surface area contributed by atoms with Crippen LogP contribution in [0.15, 0.2) is 23.7 Å². The average molecular weight is 346 g/mol. The zero-order valence-electron chi connectivity index (χ0n) is 14.0. The highest BCUT2D eigenvalue weighted by Crippen LogP contribution is 2.22. The first-order valence-electron chi connectivity index (χ1n) is 8.06. The predicted molar refractivity (Wildman–Crippen MR) is 95.2 cm³/mol. The van der Waals surface area contributed by atoms with Crippen LogP contribution in [0.25, 0.3) is 0 Å². The van der Waals surface area contributed by atoms with Crippen molar-refractivity contribution in [1.82, 2.24) is 20.1 Å². The topological polar surface area (TPSA) is 74.2 Å². The molecule has 24 heavy (non-hydrogen) atoms. The van der Waals surface area contributed by atoms with Gasteiger partial charge in [0.1, 0.15) is 0 Å². The normalized spacial score (nSPS) is 18.0. The number of rotatable bonds is 5. The summed E-state index contributed by atoms with van der Waals surface area (Å²) in [4.78, 5) is 20.2. The lowest BCUT2D eigenvalue weighted by Crippen LogP contribution is -2.46. The van der Waals surface area contributed by atoms with Gasteiger partial charge < -0.3 is 10.2 Å². The van der Waals surface area contributed by atoms with Crippen molar-refractivity contribution in [3.05, 3.63) is 29.4 Å². The molecule has 3 rings (SSSR count). The largest absolute Gasteiger partial charge is 0.354 e. The Morgan fingerprint density at radius 2 is 2.42 bits per heavy atom. The van der Waals surface area contributed by atoms with Gasteiger partial charge in [-0.2, -0.15) is 5.10 Å². The van der Waals surface area contributed by atoms with Gasteiger partial charge >= 0.3 is 0 Å². The third-order valence-corrected chi connectivity index (χ3v) is 4.95. The molecular formula is C16H22N6OS. The number of likely N-dealkylation sites (N-methyl/N-ethyl adjacent to an activating group) is 1. The Labute approximate surface area is 145 Å². The summed E-state index contributed by atoms with van der Waals surface area (Å²) in [6.07, 6.45) is 4.00. The van der Waals surface area contributed by atoms with E-state index >= 15 is 0 Å². The molecule has 0 unspecified atom stereocenters. The summed E-state index contributed by atoms with van der Waals surface area (Å²) >= 11 is 1.47. The van der Waals surface area contributed by atoms with Crippen LogP contribution < -0.4 is 10.2 Å². The number of nitrogens with zero attached hydrogens (tertiary/aromatic N) is 5. The summed E-state index contributed by atoms with van der Waals surface area (Å²) in [6, 6.07) is 4.39. The van der Waals surface area contributed by atoms with Crippen molar-refractivity contribution < 1.29 is 4.79 Å². The smallest absolute Gasteiger partial charge is 0.223 e. The van der Waals surface area contributed by atoms with E-state index in [9.17, 15) is 4.79 Å². The molecule has 1 aliphatic rings. The average Bonchev–Trinajstić information content (AvgIpc) is 3.02. The van der Waals surface area contributed by atoms with E-state index in [-0.39, 0.29) is 5.91 Å². The predicted octanol–water partition coefficient (Wildman–Crippen LogP) is 1.99. The third-order valence-electron chi connectivity index (χ3n) is 4.15. The van der Waals surface area contributed by atoms with Crippen molar-refractivity contribution in [2.45, 2.75) is 32.4 Å². The molecule has 1 N–H and O–H groups in total. The number of hydrogen-bond donors (Lipinski definition) is 1. The fourth-order valence-electron chi connectivity index (χ4n) is 2.96. The van der Waals surface area contributed by atoms with Crippen molar-refractivity contribution in [3.63, 3.8) is 0 Å². The summed E-state index contributed by atoms with van der Waals surface area (Å²) in [6.45, 7) is 4.23. The summed E-state index contributed by atoms with van der Waals surface area (Å²) in [5, 5.41) is 13.6. The third kappa shape index (κ3) is 4.27. The van der Waals surface area contributed by atoms with Crippen LogP contribution in [0.3, 0.4) is 0 Å². The molecule has 1 aliphatic heterocycles. The Balaban J connectivity index is 1.59. The molecule has 0 aliphatic carbocycles. The molecule has 2 aromatic rings. The first kappa shape index (κ1) is 16.8. The maximum atomic E-state index is 11.1. The number of amides is 1. The molecule has 1 saturated heterocycles. The van der Waals surface area contributed by atoms with Gasteiger partial charge in [-0.15, -0.1) is 16.4 Å². The van der Waals surface area contributed by atoms with Gasteiger partial charge in [0.05, 0.1) is 5.69 Å². The standard InChI is InChI=1S/C16H22N6OS/c1-12(23)18-16-19-13(11-24-16)9-21(2)14-5-4-8-22(10-14)15-6-3-7-17-20-15/h3,6-7,11,14H,4-5,8-10H2,1-2H3,(H,18,19,23)/t14-/m1/s1. The zero-order chi connectivity index (χ0) is 16.9. The molecule has 1 amide bonds. The number of thiazole rings is 1. The Bertz CT molecular complexity index is 676. The number of hydrogen-bond acceptors (Lipinski definition) is 7.